The molecule has 0 bridgehead atoms. The van der Waals surface area contributed by atoms with Crippen LogP contribution in [0.1, 0.15) is 22.5 Å². The number of aryl methyl sites for hydroxylation is 1. The van der Waals surface area contributed by atoms with E-state index in [2.05, 4.69) is 57.5 Å². The van der Waals surface area contributed by atoms with Gasteiger partial charge in [-0.25, -0.2) is 0 Å². The van der Waals surface area contributed by atoms with Gasteiger partial charge in [-0.1, -0.05) is 46.0 Å². The molecule has 146 valence electrons. The lowest BCUT2D eigenvalue weighted by atomic mass is 10.2. The second-order valence-electron chi connectivity index (χ2n) is 6.77. The number of halogens is 1. The molecule has 0 saturated carbocycles. The van der Waals surface area contributed by atoms with E-state index in [0.717, 1.165) is 32.7 Å². The van der Waals surface area contributed by atoms with Crippen LogP contribution in [0, 0.1) is 13.8 Å². The predicted molar refractivity (Wildman–Crippen MR) is 126 cm³/mol. The Morgan fingerprint density at radius 1 is 1.21 bits per heavy atom. The van der Waals surface area contributed by atoms with Gasteiger partial charge in [-0.2, -0.15) is 0 Å². The van der Waals surface area contributed by atoms with Gasteiger partial charge in [0, 0.05) is 33.9 Å². The van der Waals surface area contributed by atoms with Crippen molar-refractivity contribution in [2.45, 2.75) is 20.4 Å². The largest absolute Gasteiger partial charge is 0.318 e. The fourth-order valence-electron chi connectivity index (χ4n) is 3.37. The Bertz CT molecular complexity index is 1120. The summed E-state index contributed by atoms with van der Waals surface area (Å²) < 4.78 is 3.81. The molecule has 3 aromatic rings. The maximum atomic E-state index is 13.0. The molecule has 1 aromatic carbocycles. The van der Waals surface area contributed by atoms with E-state index in [9.17, 15) is 4.79 Å². The fourth-order valence-corrected chi connectivity index (χ4v) is 4.88. The van der Waals surface area contributed by atoms with E-state index in [4.69, 9.17) is 12.2 Å². The summed E-state index contributed by atoms with van der Waals surface area (Å²) in [6.07, 6.45) is 5.42. The molecule has 0 unspecified atom stereocenters. The molecule has 0 atom stereocenters. The van der Waals surface area contributed by atoms with Crippen molar-refractivity contribution in [2.24, 2.45) is 0 Å². The summed E-state index contributed by atoms with van der Waals surface area (Å²) >= 11 is 10.3. The molecule has 29 heavy (non-hydrogen) atoms. The zero-order valence-corrected chi connectivity index (χ0v) is 19.1. The maximum absolute atomic E-state index is 13.0. The Labute approximate surface area is 187 Å². The number of rotatable bonds is 4. The molecular formula is C22H18BrN3OS2. The summed E-state index contributed by atoms with van der Waals surface area (Å²) in [4.78, 5) is 19.3. The summed E-state index contributed by atoms with van der Waals surface area (Å²) in [6, 6.07) is 14.1. The molecule has 2 aromatic heterocycles. The monoisotopic (exact) mass is 483 g/mol. The van der Waals surface area contributed by atoms with Crippen LogP contribution in [0.5, 0.6) is 0 Å². The molecule has 0 aliphatic carbocycles. The number of benzene rings is 1. The molecule has 0 radical (unpaired) electrons. The maximum Gasteiger partial charge on any atom is 0.266 e. The first-order chi connectivity index (χ1) is 13.9. The topological polar surface area (TPSA) is 38.1 Å². The Morgan fingerprint density at radius 2 is 1.97 bits per heavy atom. The van der Waals surface area contributed by atoms with Crippen LogP contribution in [-0.4, -0.2) is 24.7 Å². The average molecular weight is 484 g/mol. The van der Waals surface area contributed by atoms with Crippen molar-refractivity contribution >= 4 is 56.2 Å². The Morgan fingerprint density at radius 3 is 2.66 bits per heavy atom. The molecule has 0 spiro atoms. The van der Waals surface area contributed by atoms with Crippen molar-refractivity contribution in [3.05, 3.63) is 86.8 Å². The summed E-state index contributed by atoms with van der Waals surface area (Å²) in [5, 5.41) is 0. The standard InChI is InChI=1S/C22H18BrN3OS2/c1-14-10-17(15(2)26(14)19-7-5-18(23)6-8-19)11-20-21(27)25(22(28)29-20)13-16-4-3-9-24-12-16/h3-12H,13H2,1-2H3. The molecule has 0 N–H and O–H groups in total. The van der Waals surface area contributed by atoms with Gasteiger partial charge in [0.1, 0.15) is 4.32 Å². The van der Waals surface area contributed by atoms with Crippen LogP contribution in [0.3, 0.4) is 0 Å². The summed E-state index contributed by atoms with van der Waals surface area (Å²) in [5.74, 6) is -0.0581. The Hall–Kier alpha value is -2.22. The highest BCUT2D eigenvalue weighted by atomic mass is 79.9. The van der Waals surface area contributed by atoms with Crippen LogP contribution < -0.4 is 0 Å². The van der Waals surface area contributed by atoms with Gasteiger partial charge < -0.3 is 4.57 Å². The first-order valence-corrected chi connectivity index (χ1v) is 11.0. The van der Waals surface area contributed by atoms with Gasteiger partial charge in [0.25, 0.3) is 5.91 Å². The third kappa shape index (κ3) is 4.08. The van der Waals surface area contributed by atoms with Crippen molar-refractivity contribution in [2.75, 3.05) is 0 Å². The quantitative estimate of drug-likeness (QED) is 0.354. The molecule has 4 rings (SSSR count). The first kappa shape index (κ1) is 20.1. The zero-order chi connectivity index (χ0) is 20.5. The fraction of sp³-hybridized carbons (Fsp3) is 0.136. The van der Waals surface area contributed by atoms with E-state index in [0.29, 0.717) is 15.8 Å². The van der Waals surface area contributed by atoms with E-state index in [1.54, 1.807) is 17.3 Å². The van der Waals surface area contributed by atoms with Crippen LogP contribution in [-0.2, 0) is 11.3 Å². The third-order valence-electron chi connectivity index (χ3n) is 4.78. The Balaban J connectivity index is 1.63. The Kier molecular flexibility index (Phi) is 5.72. The molecule has 1 saturated heterocycles. The minimum Gasteiger partial charge on any atom is -0.318 e. The van der Waals surface area contributed by atoms with Crippen LogP contribution in [0.2, 0.25) is 0 Å². The smallest absolute Gasteiger partial charge is 0.266 e. The third-order valence-corrected chi connectivity index (χ3v) is 6.69. The van der Waals surface area contributed by atoms with E-state index >= 15 is 0 Å². The van der Waals surface area contributed by atoms with Crippen LogP contribution in [0.4, 0.5) is 0 Å². The van der Waals surface area contributed by atoms with E-state index < -0.39 is 0 Å². The average Bonchev–Trinajstić information content (AvgIpc) is 3.13. The lowest BCUT2D eigenvalue weighted by molar-refractivity contribution is -0.122. The van der Waals surface area contributed by atoms with Gasteiger partial charge in [-0.05, 0) is 67.4 Å². The number of hydrogen-bond donors (Lipinski definition) is 0. The number of hydrogen-bond acceptors (Lipinski definition) is 4. The SMILES string of the molecule is Cc1cc(C=C2SC(=S)N(Cc3cccnc3)C2=O)c(C)n1-c1ccc(Br)cc1. The van der Waals surface area contributed by atoms with Crippen LogP contribution in [0.15, 0.2) is 64.2 Å². The van der Waals surface area contributed by atoms with E-state index in [1.165, 1.54) is 11.8 Å². The van der Waals surface area contributed by atoms with Gasteiger partial charge >= 0.3 is 0 Å². The van der Waals surface area contributed by atoms with Gasteiger partial charge in [0.2, 0.25) is 0 Å². The normalized spacial score (nSPS) is 15.6. The second kappa shape index (κ2) is 8.26. The second-order valence-corrected chi connectivity index (χ2v) is 9.36. The highest BCUT2D eigenvalue weighted by molar-refractivity contribution is 9.10. The van der Waals surface area contributed by atoms with Gasteiger partial charge in [0.15, 0.2) is 0 Å². The number of amides is 1. The molecular weight excluding hydrogens is 466 g/mol. The molecule has 1 aliphatic rings. The number of pyridine rings is 1. The number of thioether (sulfide) groups is 1. The molecule has 1 fully saturated rings. The summed E-state index contributed by atoms with van der Waals surface area (Å²) in [5.41, 5.74) is 5.27. The van der Waals surface area contributed by atoms with E-state index in [1.807, 2.05) is 30.3 Å². The minimum atomic E-state index is -0.0581. The molecule has 1 amide bonds. The summed E-state index contributed by atoms with van der Waals surface area (Å²) in [6.45, 7) is 4.57. The molecule has 1 aliphatic heterocycles. The zero-order valence-electron chi connectivity index (χ0n) is 15.9. The molecule has 4 nitrogen and oxygen atoms in total. The van der Waals surface area contributed by atoms with Crippen molar-refractivity contribution in [1.29, 1.82) is 0 Å². The van der Waals surface area contributed by atoms with Crippen LogP contribution in [0.25, 0.3) is 11.8 Å². The van der Waals surface area contributed by atoms with Crippen molar-refractivity contribution < 1.29 is 4.79 Å². The van der Waals surface area contributed by atoms with Gasteiger partial charge in [-0.3, -0.25) is 14.7 Å². The number of carbonyl (C=O) groups excluding carboxylic acids is 1. The molecule has 7 heteroatoms. The highest BCUT2D eigenvalue weighted by Crippen LogP contribution is 2.35. The molecule has 3 heterocycles. The summed E-state index contributed by atoms with van der Waals surface area (Å²) in [7, 11) is 0. The highest BCUT2D eigenvalue weighted by Gasteiger charge is 2.32. The van der Waals surface area contributed by atoms with Crippen LogP contribution >= 0.6 is 39.9 Å². The number of nitrogens with zero attached hydrogens (tertiary/aromatic N) is 3. The van der Waals surface area contributed by atoms with Crippen molar-refractivity contribution in [3.8, 4) is 5.69 Å². The lowest BCUT2D eigenvalue weighted by Gasteiger charge is -2.13. The van der Waals surface area contributed by atoms with Gasteiger partial charge in [-0.15, -0.1) is 0 Å². The number of carbonyl (C=O) groups is 1. The predicted octanol–water partition coefficient (Wildman–Crippen LogP) is 5.65. The van der Waals surface area contributed by atoms with Gasteiger partial charge in [0.05, 0.1) is 11.4 Å². The van der Waals surface area contributed by atoms with E-state index in [-0.39, 0.29) is 5.91 Å². The van der Waals surface area contributed by atoms with Crippen molar-refractivity contribution in [1.82, 2.24) is 14.5 Å². The minimum absolute atomic E-state index is 0.0581. The first-order valence-electron chi connectivity index (χ1n) is 9.03. The number of thiocarbonyl (C=S) groups is 1. The number of aromatic nitrogens is 2. The van der Waals surface area contributed by atoms with Crippen molar-refractivity contribution in [3.63, 3.8) is 0 Å². The lowest BCUT2D eigenvalue weighted by Crippen LogP contribution is -2.27.